The van der Waals surface area contributed by atoms with Crippen LogP contribution in [0, 0.1) is 6.92 Å². The van der Waals surface area contributed by atoms with Crippen LogP contribution in [0.5, 0.6) is 0 Å². The Balaban J connectivity index is 2.18. The average molecular weight is 238 g/mol. The lowest BCUT2D eigenvalue weighted by molar-refractivity contribution is 0.281. The zero-order chi connectivity index (χ0) is 11.4. The quantitative estimate of drug-likeness (QED) is 0.852. The van der Waals surface area contributed by atoms with Crippen LogP contribution in [0.4, 0.5) is 5.82 Å². The van der Waals surface area contributed by atoms with Crippen molar-refractivity contribution in [2.75, 3.05) is 29.5 Å². The number of hydrogen-bond acceptors (Lipinski definition) is 4. The number of anilines is 1. The van der Waals surface area contributed by atoms with Gasteiger partial charge in [-0.3, -0.25) is 0 Å². The molecule has 0 amide bonds. The molecule has 1 aromatic rings. The predicted octanol–water partition coefficient (Wildman–Crippen LogP) is 1.83. The van der Waals surface area contributed by atoms with Crippen molar-refractivity contribution in [1.29, 1.82) is 0 Å². The molecule has 1 fully saturated rings. The summed E-state index contributed by atoms with van der Waals surface area (Å²) >= 11 is 2.02. The zero-order valence-electron chi connectivity index (χ0n) is 9.65. The Labute approximate surface area is 101 Å². The van der Waals surface area contributed by atoms with Crippen LogP contribution in [0.2, 0.25) is 0 Å². The van der Waals surface area contributed by atoms with Crippen LogP contribution in [0.1, 0.15) is 17.5 Å². The number of aliphatic hydroxyl groups is 1. The summed E-state index contributed by atoms with van der Waals surface area (Å²) in [5.41, 5.74) is 2.06. The van der Waals surface area contributed by atoms with Gasteiger partial charge in [-0.1, -0.05) is 0 Å². The van der Waals surface area contributed by atoms with Crippen molar-refractivity contribution in [2.45, 2.75) is 20.0 Å². The van der Waals surface area contributed by atoms with E-state index < -0.39 is 0 Å². The first-order valence-corrected chi connectivity index (χ1v) is 6.86. The van der Waals surface area contributed by atoms with Crippen molar-refractivity contribution in [2.24, 2.45) is 0 Å². The van der Waals surface area contributed by atoms with Crippen LogP contribution in [0.15, 0.2) is 12.3 Å². The third-order valence-electron chi connectivity index (χ3n) is 2.81. The summed E-state index contributed by atoms with van der Waals surface area (Å²) in [7, 11) is 0. The van der Waals surface area contributed by atoms with E-state index in [-0.39, 0.29) is 6.61 Å². The molecule has 88 valence electrons. The Morgan fingerprint density at radius 1 is 1.44 bits per heavy atom. The lowest BCUT2D eigenvalue weighted by Gasteiger charge is -2.23. The maximum Gasteiger partial charge on any atom is 0.131 e. The van der Waals surface area contributed by atoms with Crippen LogP contribution in [0.25, 0.3) is 0 Å². The van der Waals surface area contributed by atoms with E-state index in [9.17, 15) is 0 Å². The summed E-state index contributed by atoms with van der Waals surface area (Å²) in [6, 6.07) is 2.03. The minimum Gasteiger partial charge on any atom is -0.392 e. The third kappa shape index (κ3) is 2.68. The second-order valence-corrected chi connectivity index (χ2v) is 5.32. The number of pyridine rings is 1. The molecule has 2 heterocycles. The molecule has 0 atom stereocenters. The molecule has 1 aliphatic heterocycles. The number of aryl methyl sites for hydroxylation is 1. The van der Waals surface area contributed by atoms with Crippen molar-refractivity contribution in [3.8, 4) is 0 Å². The van der Waals surface area contributed by atoms with Gasteiger partial charge in [0.25, 0.3) is 0 Å². The second-order valence-electron chi connectivity index (χ2n) is 4.10. The van der Waals surface area contributed by atoms with E-state index >= 15 is 0 Å². The summed E-state index contributed by atoms with van der Waals surface area (Å²) in [6.45, 7) is 4.32. The number of aliphatic hydroxyl groups excluding tert-OH is 1. The summed E-state index contributed by atoms with van der Waals surface area (Å²) in [4.78, 5) is 6.83. The van der Waals surface area contributed by atoms with Gasteiger partial charge in [-0.2, -0.15) is 11.8 Å². The Morgan fingerprint density at radius 2 is 2.31 bits per heavy atom. The van der Waals surface area contributed by atoms with Gasteiger partial charge in [0, 0.05) is 25.0 Å². The summed E-state index contributed by atoms with van der Waals surface area (Å²) < 4.78 is 0. The number of hydrogen-bond donors (Lipinski definition) is 1. The predicted molar refractivity (Wildman–Crippen MR) is 69.1 cm³/mol. The Hall–Kier alpha value is -0.740. The highest BCUT2D eigenvalue weighted by atomic mass is 32.2. The van der Waals surface area contributed by atoms with Crippen LogP contribution in [0.3, 0.4) is 0 Å². The van der Waals surface area contributed by atoms with Gasteiger partial charge in [0.1, 0.15) is 5.82 Å². The molecular weight excluding hydrogens is 220 g/mol. The Kier molecular flexibility index (Phi) is 4.07. The van der Waals surface area contributed by atoms with Gasteiger partial charge in [0.15, 0.2) is 0 Å². The van der Waals surface area contributed by atoms with Crippen molar-refractivity contribution >= 4 is 17.6 Å². The van der Waals surface area contributed by atoms with E-state index in [2.05, 4.69) is 16.8 Å². The van der Waals surface area contributed by atoms with E-state index in [4.69, 9.17) is 5.11 Å². The number of aromatic nitrogens is 1. The minimum atomic E-state index is 0.0734. The highest BCUT2D eigenvalue weighted by Crippen LogP contribution is 2.21. The molecule has 1 aliphatic rings. The molecule has 1 saturated heterocycles. The summed E-state index contributed by atoms with van der Waals surface area (Å²) in [6.07, 6.45) is 3.01. The molecule has 0 saturated carbocycles. The molecule has 1 aromatic heterocycles. The number of nitrogens with zero attached hydrogens (tertiary/aromatic N) is 2. The van der Waals surface area contributed by atoms with Crippen molar-refractivity contribution in [1.82, 2.24) is 4.98 Å². The van der Waals surface area contributed by atoms with Gasteiger partial charge in [0.2, 0.25) is 0 Å². The highest BCUT2D eigenvalue weighted by Gasteiger charge is 2.13. The number of thioether (sulfide) groups is 1. The molecular formula is C12H18N2OS. The zero-order valence-corrected chi connectivity index (χ0v) is 10.5. The molecule has 0 unspecified atom stereocenters. The SMILES string of the molecule is Cc1cc(CO)cnc1N1CCCSCC1. The molecule has 2 rings (SSSR count). The molecule has 16 heavy (non-hydrogen) atoms. The van der Waals surface area contributed by atoms with E-state index in [1.54, 1.807) is 6.20 Å². The van der Waals surface area contributed by atoms with Gasteiger partial charge in [0.05, 0.1) is 6.61 Å². The lowest BCUT2D eigenvalue weighted by Crippen LogP contribution is -2.27. The van der Waals surface area contributed by atoms with Crippen LogP contribution < -0.4 is 4.90 Å². The fraction of sp³-hybridized carbons (Fsp3) is 0.583. The van der Waals surface area contributed by atoms with Gasteiger partial charge in [-0.15, -0.1) is 0 Å². The van der Waals surface area contributed by atoms with Crippen LogP contribution in [-0.4, -0.2) is 34.7 Å². The van der Waals surface area contributed by atoms with E-state index in [1.807, 2.05) is 17.8 Å². The fourth-order valence-corrected chi connectivity index (χ4v) is 2.89. The lowest BCUT2D eigenvalue weighted by atomic mass is 10.2. The first-order chi connectivity index (χ1) is 7.81. The molecule has 0 aromatic carbocycles. The Bertz CT molecular complexity index is 349. The molecule has 3 nitrogen and oxygen atoms in total. The largest absolute Gasteiger partial charge is 0.392 e. The highest BCUT2D eigenvalue weighted by molar-refractivity contribution is 7.99. The number of rotatable bonds is 2. The van der Waals surface area contributed by atoms with Gasteiger partial charge < -0.3 is 10.0 Å². The first kappa shape index (κ1) is 11.7. The van der Waals surface area contributed by atoms with Gasteiger partial charge in [-0.25, -0.2) is 4.98 Å². The van der Waals surface area contributed by atoms with Gasteiger partial charge in [-0.05, 0) is 36.3 Å². The van der Waals surface area contributed by atoms with Crippen LogP contribution >= 0.6 is 11.8 Å². The second kappa shape index (κ2) is 5.55. The summed E-state index contributed by atoms with van der Waals surface area (Å²) in [5.74, 6) is 3.52. The smallest absolute Gasteiger partial charge is 0.131 e. The minimum absolute atomic E-state index is 0.0734. The molecule has 4 heteroatoms. The molecule has 0 aliphatic carbocycles. The monoisotopic (exact) mass is 238 g/mol. The first-order valence-electron chi connectivity index (χ1n) is 5.70. The molecule has 0 radical (unpaired) electrons. The van der Waals surface area contributed by atoms with Crippen molar-refractivity contribution in [3.63, 3.8) is 0 Å². The third-order valence-corrected chi connectivity index (χ3v) is 3.86. The summed E-state index contributed by atoms with van der Waals surface area (Å²) in [5, 5.41) is 9.05. The molecule has 1 N–H and O–H groups in total. The van der Waals surface area contributed by atoms with E-state index in [1.165, 1.54) is 23.5 Å². The van der Waals surface area contributed by atoms with E-state index in [0.29, 0.717) is 0 Å². The Morgan fingerprint density at radius 3 is 3.06 bits per heavy atom. The maximum atomic E-state index is 9.05. The van der Waals surface area contributed by atoms with Crippen molar-refractivity contribution < 1.29 is 5.11 Å². The average Bonchev–Trinajstić information content (AvgIpc) is 2.57. The fourth-order valence-electron chi connectivity index (χ4n) is 2.00. The van der Waals surface area contributed by atoms with Crippen molar-refractivity contribution in [3.05, 3.63) is 23.4 Å². The maximum absolute atomic E-state index is 9.05. The topological polar surface area (TPSA) is 36.4 Å². The van der Waals surface area contributed by atoms with Crippen LogP contribution in [-0.2, 0) is 6.61 Å². The van der Waals surface area contributed by atoms with E-state index in [0.717, 1.165) is 24.5 Å². The molecule has 0 bridgehead atoms. The van der Waals surface area contributed by atoms with Gasteiger partial charge >= 0.3 is 0 Å². The standard InChI is InChI=1S/C12H18N2OS/c1-10-7-11(9-15)8-13-12(10)14-3-2-5-16-6-4-14/h7-8,15H,2-6,9H2,1H3. The normalized spacial score (nSPS) is 17.2. The molecule has 0 spiro atoms.